The van der Waals surface area contributed by atoms with Crippen molar-refractivity contribution in [3.63, 3.8) is 0 Å². The standard InChI is InChI=1S/C21H30ClF3N3OP/c1-20(2,3)19(30)26-6-9-28-7-4-14(5-8-28)13-27-18(29)15-10-16(21(23,24)25)12-17(22)11-15/h10-12,14,26,30H,4-9,13H2,1-3H3,(H,27,29). The molecular weight excluding hydrogens is 434 g/mol. The zero-order chi connectivity index (χ0) is 22.5. The van der Waals surface area contributed by atoms with Crippen LogP contribution in [0.4, 0.5) is 13.2 Å². The quantitative estimate of drug-likeness (QED) is 0.576. The summed E-state index contributed by atoms with van der Waals surface area (Å²) in [7, 11) is 3.64. The van der Waals surface area contributed by atoms with Gasteiger partial charge in [-0.2, -0.15) is 13.2 Å². The van der Waals surface area contributed by atoms with Crippen LogP contribution in [0, 0.1) is 11.3 Å². The molecule has 0 aromatic heterocycles. The molecule has 0 unspecified atom stereocenters. The fourth-order valence-corrected chi connectivity index (χ4v) is 3.60. The third kappa shape index (κ3) is 7.84. The number of nitrogens with zero attached hydrogens (tertiary/aromatic N) is 1. The molecule has 1 fully saturated rings. The second-order valence-electron chi connectivity index (χ2n) is 8.77. The van der Waals surface area contributed by atoms with E-state index in [4.69, 9.17) is 11.6 Å². The summed E-state index contributed by atoms with van der Waals surface area (Å²) in [6.07, 6.45) is -2.66. The van der Waals surface area contributed by atoms with Crippen molar-refractivity contribution in [3.05, 3.63) is 34.3 Å². The Morgan fingerprint density at radius 3 is 2.37 bits per heavy atom. The number of carbonyl (C=O) groups excluding carboxylic acids is 1. The molecular formula is C21H30ClF3N3OP. The molecule has 0 atom stereocenters. The molecule has 1 aliphatic heterocycles. The van der Waals surface area contributed by atoms with Gasteiger partial charge in [0.2, 0.25) is 0 Å². The summed E-state index contributed by atoms with van der Waals surface area (Å²) in [5, 5.41) is 6.05. The third-order valence-electron chi connectivity index (χ3n) is 5.23. The van der Waals surface area contributed by atoms with Crippen molar-refractivity contribution >= 4 is 31.8 Å². The summed E-state index contributed by atoms with van der Waals surface area (Å²) in [6, 6.07) is 2.92. The van der Waals surface area contributed by atoms with E-state index < -0.39 is 17.6 Å². The van der Waals surface area contributed by atoms with Crippen LogP contribution in [0.5, 0.6) is 0 Å². The van der Waals surface area contributed by atoms with Crippen molar-refractivity contribution in [2.75, 3.05) is 32.7 Å². The Kier molecular flexibility index (Phi) is 8.75. The summed E-state index contributed by atoms with van der Waals surface area (Å²) in [5.74, 6) is -0.219. The Hall–Kier alpha value is -1.14. The van der Waals surface area contributed by atoms with Crippen molar-refractivity contribution in [1.29, 1.82) is 0 Å². The number of piperidine rings is 1. The van der Waals surface area contributed by atoms with Crippen molar-refractivity contribution in [2.24, 2.45) is 11.3 Å². The Balaban J connectivity index is 1.75. The molecule has 0 saturated carbocycles. The van der Waals surface area contributed by atoms with E-state index in [9.17, 15) is 18.0 Å². The van der Waals surface area contributed by atoms with E-state index in [0.29, 0.717) is 12.5 Å². The van der Waals surface area contributed by atoms with Crippen LogP contribution in [-0.2, 0) is 6.18 Å². The van der Waals surface area contributed by atoms with Crippen molar-refractivity contribution < 1.29 is 18.0 Å². The van der Waals surface area contributed by atoms with Gasteiger partial charge >= 0.3 is 6.18 Å². The van der Waals surface area contributed by atoms with Gasteiger partial charge in [0.05, 0.1) is 5.56 Å². The molecule has 2 rings (SSSR count). The van der Waals surface area contributed by atoms with Crippen LogP contribution in [-0.4, -0.2) is 48.9 Å². The Labute approximate surface area is 183 Å². The number of rotatable bonds is 7. The van der Waals surface area contributed by atoms with Crippen LogP contribution in [0.25, 0.3) is 0 Å². The van der Waals surface area contributed by atoms with Crippen LogP contribution in [0.3, 0.4) is 0 Å². The number of hydrogen-bond acceptors (Lipinski definition) is 2. The Morgan fingerprint density at radius 2 is 1.80 bits per heavy atom. The molecule has 0 aliphatic carbocycles. The van der Waals surface area contributed by atoms with E-state index in [1.54, 1.807) is 0 Å². The van der Waals surface area contributed by atoms with Gasteiger partial charge in [0, 0.05) is 41.1 Å². The van der Waals surface area contributed by atoms with Gasteiger partial charge in [-0.15, -0.1) is 8.86 Å². The molecule has 1 aromatic carbocycles. The predicted octanol–water partition coefficient (Wildman–Crippen LogP) is 4.71. The summed E-state index contributed by atoms with van der Waals surface area (Å²) in [6.45, 7) is 10.5. The van der Waals surface area contributed by atoms with Crippen LogP contribution in [0.15, 0.2) is 18.2 Å². The van der Waals surface area contributed by atoms with Crippen LogP contribution in [0.2, 0.25) is 5.02 Å². The smallest absolute Gasteiger partial charge is 0.352 e. The van der Waals surface area contributed by atoms with Gasteiger partial charge in [0.1, 0.15) is 0 Å². The molecule has 1 amide bonds. The van der Waals surface area contributed by atoms with Gasteiger partial charge < -0.3 is 10.2 Å². The molecule has 1 aromatic rings. The molecule has 1 saturated heterocycles. The molecule has 9 heteroatoms. The monoisotopic (exact) mass is 463 g/mol. The first kappa shape index (κ1) is 25.1. The number of likely N-dealkylation sites (tertiary alicyclic amines) is 1. The molecule has 0 spiro atoms. The normalized spacial score (nSPS) is 16.5. The number of carbonyl (C=O) groups is 1. The number of amides is 1. The van der Waals surface area contributed by atoms with Gasteiger partial charge in [-0.3, -0.25) is 10.1 Å². The van der Waals surface area contributed by atoms with Crippen LogP contribution >= 0.6 is 20.5 Å². The summed E-state index contributed by atoms with van der Waals surface area (Å²) < 4.78 is 38.7. The Bertz CT molecular complexity index is 757. The second kappa shape index (κ2) is 10.4. The van der Waals surface area contributed by atoms with Gasteiger partial charge in [0.25, 0.3) is 5.91 Å². The lowest BCUT2D eigenvalue weighted by Crippen LogP contribution is -2.43. The highest BCUT2D eigenvalue weighted by Gasteiger charge is 2.31. The summed E-state index contributed by atoms with van der Waals surface area (Å²) in [4.78, 5) is 14.7. The number of halogens is 4. The highest BCUT2D eigenvalue weighted by atomic mass is 35.5. The minimum absolute atomic E-state index is 0.0614. The SMILES string of the molecule is CC(C)(C)C(=P)NCCN1CCC(CNC(=O)c2cc(Cl)cc(C(F)(F)F)c2)CC1. The molecule has 4 nitrogen and oxygen atoms in total. The second-order valence-corrected chi connectivity index (χ2v) is 9.71. The average Bonchev–Trinajstić information content (AvgIpc) is 2.65. The van der Waals surface area contributed by atoms with E-state index in [1.807, 2.05) is 0 Å². The topological polar surface area (TPSA) is 44.4 Å². The van der Waals surface area contributed by atoms with Crippen molar-refractivity contribution in [1.82, 2.24) is 15.5 Å². The zero-order valence-corrected chi connectivity index (χ0v) is 19.4. The molecule has 30 heavy (non-hydrogen) atoms. The molecule has 1 heterocycles. The van der Waals surface area contributed by atoms with E-state index in [1.165, 1.54) is 6.07 Å². The first-order chi connectivity index (χ1) is 13.9. The fourth-order valence-electron chi connectivity index (χ4n) is 3.24. The highest BCUT2D eigenvalue weighted by molar-refractivity contribution is 7.21. The molecule has 1 aliphatic rings. The van der Waals surface area contributed by atoms with Gasteiger partial charge in [-0.1, -0.05) is 32.4 Å². The maximum absolute atomic E-state index is 12.9. The minimum atomic E-state index is -4.54. The first-order valence-electron chi connectivity index (χ1n) is 10.1. The highest BCUT2D eigenvalue weighted by Crippen LogP contribution is 2.32. The molecule has 168 valence electrons. The number of hydrogen-bond donors (Lipinski definition) is 2. The average molecular weight is 464 g/mol. The van der Waals surface area contributed by atoms with Crippen LogP contribution < -0.4 is 10.6 Å². The maximum Gasteiger partial charge on any atom is 0.416 e. The summed E-state index contributed by atoms with van der Waals surface area (Å²) >= 11 is 5.76. The third-order valence-corrected chi connectivity index (χ3v) is 6.37. The molecule has 0 radical (unpaired) electrons. The largest absolute Gasteiger partial charge is 0.416 e. The van der Waals surface area contributed by atoms with Gasteiger partial charge in [-0.05, 0) is 50.0 Å². The van der Waals surface area contributed by atoms with Crippen LogP contribution in [0.1, 0.15) is 49.5 Å². The molecule has 2 N–H and O–H groups in total. The lowest BCUT2D eigenvalue weighted by atomic mass is 9.96. The first-order valence-corrected chi connectivity index (χ1v) is 11.0. The van der Waals surface area contributed by atoms with Gasteiger partial charge in [-0.25, -0.2) is 0 Å². The van der Waals surface area contributed by atoms with E-state index >= 15 is 0 Å². The predicted molar refractivity (Wildman–Crippen MR) is 119 cm³/mol. The summed E-state index contributed by atoms with van der Waals surface area (Å²) in [5.41, 5.74) is 0.150. The molecule has 0 bridgehead atoms. The van der Waals surface area contributed by atoms with E-state index in [-0.39, 0.29) is 16.0 Å². The van der Waals surface area contributed by atoms with Crippen molar-refractivity contribution in [3.8, 4) is 0 Å². The Morgan fingerprint density at radius 1 is 1.17 bits per heavy atom. The lowest BCUT2D eigenvalue weighted by molar-refractivity contribution is -0.137. The van der Waals surface area contributed by atoms with E-state index in [2.05, 4.69) is 45.2 Å². The fraction of sp³-hybridized carbons (Fsp3) is 0.619. The number of benzene rings is 1. The number of nitrogens with one attached hydrogen (secondary N) is 2. The van der Waals surface area contributed by atoms with E-state index in [0.717, 1.165) is 56.6 Å². The lowest BCUT2D eigenvalue weighted by Gasteiger charge is -2.32. The van der Waals surface area contributed by atoms with Gasteiger partial charge in [0.15, 0.2) is 0 Å². The maximum atomic E-state index is 12.9. The zero-order valence-electron chi connectivity index (χ0n) is 17.6. The minimum Gasteiger partial charge on any atom is -0.352 e. The number of alkyl halides is 3. The van der Waals surface area contributed by atoms with Crippen molar-refractivity contribution in [2.45, 2.75) is 39.8 Å².